The molecule has 0 saturated carbocycles. The van der Waals surface area contributed by atoms with E-state index in [0.717, 1.165) is 5.56 Å². The second-order valence-corrected chi connectivity index (χ2v) is 9.00. The van der Waals surface area contributed by atoms with Gasteiger partial charge in [-0.2, -0.15) is 12.6 Å². The van der Waals surface area contributed by atoms with E-state index in [1.807, 2.05) is 13.8 Å². The van der Waals surface area contributed by atoms with Crippen molar-refractivity contribution in [2.45, 2.75) is 63.7 Å². The third-order valence-electron chi connectivity index (χ3n) is 5.09. The van der Waals surface area contributed by atoms with Crippen molar-refractivity contribution in [2.75, 3.05) is 5.75 Å². The zero-order valence-corrected chi connectivity index (χ0v) is 20.8. The number of thiol groups is 1. The number of carbonyl (C=O) groups is 5. The molecule has 8 N–H and O–H groups in total. The Morgan fingerprint density at radius 3 is 1.97 bits per heavy atom. The molecule has 4 atom stereocenters. The van der Waals surface area contributed by atoms with Gasteiger partial charge >= 0.3 is 5.97 Å². The minimum atomic E-state index is -1.22. The predicted octanol–water partition coefficient (Wildman–Crippen LogP) is -0.663. The molecule has 1 aromatic carbocycles. The lowest BCUT2D eigenvalue weighted by atomic mass is 10.0. The molecule has 11 nitrogen and oxygen atoms in total. The molecule has 0 radical (unpaired) electrons. The zero-order valence-electron chi connectivity index (χ0n) is 19.9. The SMILES string of the molecule is CC(C)CC(NC(=O)C(N)CCC(N)=O)C(=O)NC(CS)C(=O)NC(Cc1ccccc1)C(=O)O. The minimum Gasteiger partial charge on any atom is -0.480 e. The van der Waals surface area contributed by atoms with Crippen molar-refractivity contribution in [2.24, 2.45) is 17.4 Å². The first-order chi connectivity index (χ1) is 16.4. The lowest BCUT2D eigenvalue weighted by Crippen LogP contribution is -2.58. The monoisotopic (exact) mass is 509 g/mol. The molecule has 194 valence electrons. The van der Waals surface area contributed by atoms with Crippen LogP contribution in [0.3, 0.4) is 0 Å². The molecule has 4 amide bonds. The Balaban J connectivity index is 2.85. The summed E-state index contributed by atoms with van der Waals surface area (Å²) in [5.74, 6) is -3.90. The Morgan fingerprint density at radius 2 is 1.46 bits per heavy atom. The number of hydrogen-bond acceptors (Lipinski definition) is 7. The van der Waals surface area contributed by atoms with Gasteiger partial charge in [-0.05, 0) is 24.3 Å². The van der Waals surface area contributed by atoms with Gasteiger partial charge in [-0.1, -0.05) is 44.2 Å². The second kappa shape index (κ2) is 15.0. The Bertz CT molecular complexity index is 882. The number of amides is 4. The molecule has 0 bridgehead atoms. The minimum absolute atomic E-state index is 0.0124. The number of primary amides is 1. The van der Waals surface area contributed by atoms with Gasteiger partial charge in [-0.25, -0.2) is 4.79 Å². The maximum Gasteiger partial charge on any atom is 0.326 e. The molecular weight excluding hydrogens is 474 g/mol. The first-order valence-electron chi connectivity index (χ1n) is 11.3. The lowest BCUT2D eigenvalue weighted by Gasteiger charge is -2.25. The molecule has 0 aliphatic rings. The summed E-state index contributed by atoms with van der Waals surface area (Å²) in [4.78, 5) is 60.7. The van der Waals surface area contributed by atoms with Gasteiger partial charge in [0.15, 0.2) is 0 Å². The summed E-state index contributed by atoms with van der Waals surface area (Å²) >= 11 is 4.12. The molecule has 0 heterocycles. The van der Waals surface area contributed by atoms with E-state index in [4.69, 9.17) is 11.5 Å². The maximum absolute atomic E-state index is 12.9. The van der Waals surface area contributed by atoms with E-state index in [0.29, 0.717) is 0 Å². The number of nitrogens with two attached hydrogens (primary N) is 2. The Hall–Kier alpha value is -3.12. The van der Waals surface area contributed by atoms with Crippen LogP contribution in [-0.2, 0) is 30.4 Å². The first kappa shape index (κ1) is 29.9. The van der Waals surface area contributed by atoms with E-state index in [2.05, 4.69) is 28.6 Å². The van der Waals surface area contributed by atoms with E-state index < -0.39 is 53.8 Å². The molecule has 0 fully saturated rings. The van der Waals surface area contributed by atoms with Gasteiger partial charge in [0.2, 0.25) is 23.6 Å². The Morgan fingerprint density at radius 1 is 0.914 bits per heavy atom. The first-order valence-corrected chi connectivity index (χ1v) is 11.9. The summed E-state index contributed by atoms with van der Waals surface area (Å²) in [6.07, 6.45) is 0.263. The molecule has 4 unspecified atom stereocenters. The van der Waals surface area contributed by atoms with E-state index in [9.17, 15) is 29.1 Å². The van der Waals surface area contributed by atoms with Gasteiger partial charge < -0.3 is 32.5 Å². The normalized spacial score (nSPS) is 14.3. The number of carboxylic acids is 1. The van der Waals surface area contributed by atoms with Crippen molar-refractivity contribution in [3.8, 4) is 0 Å². The summed E-state index contributed by atoms with van der Waals surface area (Å²) < 4.78 is 0. The number of nitrogens with one attached hydrogen (secondary N) is 3. The van der Waals surface area contributed by atoms with Gasteiger partial charge in [0.1, 0.15) is 18.1 Å². The number of hydrogen-bond donors (Lipinski definition) is 7. The van der Waals surface area contributed by atoms with E-state index in [1.54, 1.807) is 30.3 Å². The van der Waals surface area contributed by atoms with Crippen molar-refractivity contribution >= 4 is 42.2 Å². The van der Waals surface area contributed by atoms with Crippen LogP contribution in [0.5, 0.6) is 0 Å². The fourth-order valence-corrected chi connectivity index (χ4v) is 3.46. The molecule has 35 heavy (non-hydrogen) atoms. The Kier molecular flexibility index (Phi) is 12.8. The highest BCUT2D eigenvalue weighted by molar-refractivity contribution is 7.80. The Labute approximate surface area is 210 Å². The smallest absolute Gasteiger partial charge is 0.326 e. The highest BCUT2D eigenvalue weighted by Crippen LogP contribution is 2.08. The van der Waals surface area contributed by atoms with Crippen LogP contribution < -0.4 is 27.4 Å². The van der Waals surface area contributed by atoms with Gasteiger partial charge in [0.25, 0.3) is 0 Å². The largest absolute Gasteiger partial charge is 0.480 e. The third-order valence-corrected chi connectivity index (χ3v) is 5.46. The summed E-state index contributed by atoms with van der Waals surface area (Å²) in [5, 5.41) is 17.0. The zero-order chi connectivity index (χ0) is 26.5. The molecule has 0 aliphatic carbocycles. The molecule has 1 aromatic rings. The van der Waals surface area contributed by atoms with Gasteiger partial charge in [-0.3, -0.25) is 19.2 Å². The fourth-order valence-electron chi connectivity index (χ4n) is 3.20. The second-order valence-electron chi connectivity index (χ2n) is 8.64. The van der Waals surface area contributed by atoms with Gasteiger partial charge in [-0.15, -0.1) is 0 Å². The standard InChI is InChI=1S/C23H35N5O6S/c1-13(2)10-16(26-20(30)15(24)8-9-19(25)29)21(31)28-18(12-35)22(32)27-17(23(33)34)11-14-6-4-3-5-7-14/h3-7,13,15-18,35H,8-12,24H2,1-2H3,(H2,25,29)(H,26,30)(H,27,32)(H,28,31)(H,33,34). The average Bonchev–Trinajstić information content (AvgIpc) is 2.79. The summed E-state index contributed by atoms with van der Waals surface area (Å²) in [6, 6.07) is 4.41. The lowest BCUT2D eigenvalue weighted by molar-refractivity contribution is -0.142. The van der Waals surface area contributed by atoms with Crippen molar-refractivity contribution in [1.82, 2.24) is 16.0 Å². The summed E-state index contributed by atoms with van der Waals surface area (Å²) in [7, 11) is 0. The van der Waals surface area contributed by atoms with E-state index >= 15 is 0 Å². The molecule has 0 spiro atoms. The molecular formula is C23H35N5O6S. The van der Waals surface area contributed by atoms with Crippen LogP contribution in [0, 0.1) is 5.92 Å². The third kappa shape index (κ3) is 11.2. The quantitative estimate of drug-likeness (QED) is 0.152. The fraction of sp³-hybridized carbons (Fsp3) is 0.522. The van der Waals surface area contributed by atoms with Crippen LogP contribution in [0.2, 0.25) is 0 Å². The number of carboxylic acid groups (broad SMARTS) is 1. The van der Waals surface area contributed by atoms with Crippen LogP contribution in [0.15, 0.2) is 30.3 Å². The number of benzene rings is 1. The number of carbonyl (C=O) groups excluding carboxylic acids is 4. The molecule has 0 saturated heterocycles. The van der Waals surface area contributed by atoms with E-state index in [1.165, 1.54) is 0 Å². The van der Waals surface area contributed by atoms with Crippen LogP contribution >= 0.6 is 12.6 Å². The summed E-state index contributed by atoms with van der Waals surface area (Å²) in [5.41, 5.74) is 11.6. The van der Waals surface area contributed by atoms with Gasteiger partial charge in [0.05, 0.1) is 6.04 Å². The molecule has 12 heteroatoms. The van der Waals surface area contributed by atoms with E-state index in [-0.39, 0.29) is 37.4 Å². The van der Waals surface area contributed by atoms with Gasteiger partial charge in [0, 0.05) is 18.6 Å². The highest BCUT2D eigenvalue weighted by Gasteiger charge is 2.30. The predicted molar refractivity (Wildman–Crippen MR) is 133 cm³/mol. The number of rotatable bonds is 15. The van der Waals surface area contributed by atoms with Crippen molar-refractivity contribution in [3.63, 3.8) is 0 Å². The average molecular weight is 510 g/mol. The van der Waals surface area contributed by atoms with Crippen LogP contribution in [0.25, 0.3) is 0 Å². The molecule has 0 aromatic heterocycles. The molecule has 1 rings (SSSR count). The summed E-state index contributed by atoms with van der Waals surface area (Å²) in [6.45, 7) is 3.70. The maximum atomic E-state index is 12.9. The molecule has 0 aliphatic heterocycles. The van der Waals surface area contributed by atoms with Crippen LogP contribution in [0.4, 0.5) is 0 Å². The highest BCUT2D eigenvalue weighted by atomic mass is 32.1. The van der Waals surface area contributed by atoms with Crippen LogP contribution in [0.1, 0.15) is 38.7 Å². The topological polar surface area (TPSA) is 194 Å². The van der Waals surface area contributed by atoms with Crippen LogP contribution in [-0.4, -0.2) is 64.6 Å². The van der Waals surface area contributed by atoms with Crippen molar-refractivity contribution in [3.05, 3.63) is 35.9 Å². The van der Waals surface area contributed by atoms with Crippen molar-refractivity contribution in [1.29, 1.82) is 0 Å². The number of aliphatic carboxylic acids is 1. The van der Waals surface area contributed by atoms with Crippen molar-refractivity contribution < 1.29 is 29.1 Å².